The van der Waals surface area contributed by atoms with Gasteiger partial charge in [0, 0.05) is 12.1 Å². The Hall–Kier alpha value is -1.02. The van der Waals surface area contributed by atoms with Crippen molar-refractivity contribution in [2.75, 3.05) is 13.2 Å². The quantitative estimate of drug-likeness (QED) is 0.743. The van der Waals surface area contributed by atoms with Gasteiger partial charge in [0.2, 0.25) is 0 Å². The molecule has 0 aromatic heterocycles. The van der Waals surface area contributed by atoms with Crippen LogP contribution in [0.5, 0.6) is 5.75 Å². The molecule has 1 saturated carbocycles. The Kier molecular flexibility index (Phi) is 7.08. The van der Waals surface area contributed by atoms with Crippen molar-refractivity contribution >= 4 is 0 Å². The van der Waals surface area contributed by atoms with E-state index in [-0.39, 0.29) is 0 Å². The van der Waals surface area contributed by atoms with E-state index < -0.39 is 0 Å². The predicted molar refractivity (Wildman–Crippen MR) is 89.7 cm³/mol. The molecule has 21 heavy (non-hydrogen) atoms. The third-order valence-electron chi connectivity index (χ3n) is 4.40. The number of hydrogen-bond acceptors (Lipinski definition) is 2. The van der Waals surface area contributed by atoms with Crippen LogP contribution < -0.4 is 10.1 Å². The second-order valence-electron chi connectivity index (χ2n) is 6.77. The SMILES string of the molecule is CC(C)CCOc1ccccc1CNCC1CCCCC1. The van der Waals surface area contributed by atoms with Gasteiger partial charge in [-0.05, 0) is 43.7 Å². The number of hydrogen-bond donors (Lipinski definition) is 1. The first-order chi connectivity index (χ1) is 10.3. The highest BCUT2D eigenvalue weighted by Gasteiger charge is 2.13. The maximum Gasteiger partial charge on any atom is 0.123 e. The molecule has 2 heteroatoms. The van der Waals surface area contributed by atoms with Crippen LogP contribution in [0.15, 0.2) is 24.3 Å². The van der Waals surface area contributed by atoms with Gasteiger partial charge in [-0.15, -0.1) is 0 Å². The molecule has 118 valence electrons. The third-order valence-corrected chi connectivity index (χ3v) is 4.40. The molecule has 2 nitrogen and oxygen atoms in total. The van der Waals surface area contributed by atoms with Crippen LogP contribution in [0.1, 0.15) is 57.9 Å². The lowest BCUT2D eigenvalue weighted by Crippen LogP contribution is -2.24. The Labute approximate surface area is 130 Å². The average molecular weight is 289 g/mol. The minimum Gasteiger partial charge on any atom is -0.493 e. The van der Waals surface area contributed by atoms with Crippen molar-refractivity contribution in [2.45, 2.75) is 58.9 Å². The van der Waals surface area contributed by atoms with Gasteiger partial charge in [-0.1, -0.05) is 51.3 Å². The lowest BCUT2D eigenvalue weighted by molar-refractivity contribution is 0.285. The molecule has 0 amide bonds. The summed E-state index contributed by atoms with van der Waals surface area (Å²) >= 11 is 0. The van der Waals surface area contributed by atoms with Gasteiger partial charge in [0.1, 0.15) is 5.75 Å². The number of para-hydroxylation sites is 1. The fourth-order valence-electron chi connectivity index (χ4n) is 3.00. The number of ether oxygens (including phenoxy) is 1. The van der Waals surface area contributed by atoms with Crippen LogP contribution in [-0.2, 0) is 6.54 Å². The first kappa shape index (κ1) is 16.4. The summed E-state index contributed by atoms with van der Waals surface area (Å²) in [6.45, 7) is 7.37. The summed E-state index contributed by atoms with van der Waals surface area (Å²) in [5, 5.41) is 3.63. The predicted octanol–water partition coefficient (Wildman–Crippen LogP) is 4.78. The lowest BCUT2D eigenvalue weighted by Gasteiger charge is -2.22. The Morgan fingerprint density at radius 2 is 1.90 bits per heavy atom. The van der Waals surface area contributed by atoms with E-state index in [1.54, 1.807) is 0 Å². The highest BCUT2D eigenvalue weighted by Crippen LogP contribution is 2.23. The van der Waals surface area contributed by atoms with Crippen LogP contribution in [0.25, 0.3) is 0 Å². The van der Waals surface area contributed by atoms with E-state index >= 15 is 0 Å². The molecule has 0 spiro atoms. The van der Waals surface area contributed by atoms with Crippen molar-refractivity contribution in [1.29, 1.82) is 0 Å². The summed E-state index contributed by atoms with van der Waals surface area (Å²) in [7, 11) is 0. The molecule has 1 fully saturated rings. The normalized spacial score (nSPS) is 16.3. The average Bonchev–Trinajstić information content (AvgIpc) is 2.49. The summed E-state index contributed by atoms with van der Waals surface area (Å²) in [4.78, 5) is 0. The van der Waals surface area contributed by atoms with Gasteiger partial charge in [0.25, 0.3) is 0 Å². The lowest BCUT2D eigenvalue weighted by atomic mass is 9.89. The fraction of sp³-hybridized carbons (Fsp3) is 0.684. The molecule has 0 atom stereocenters. The summed E-state index contributed by atoms with van der Waals surface area (Å²) in [5.41, 5.74) is 1.29. The first-order valence-electron chi connectivity index (χ1n) is 8.67. The van der Waals surface area contributed by atoms with E-state index in [1.807, 2.05) is 0 Å². The monoisotopic (exact) mass is 289 g/mol. The maximum atomic E-state index is 5.95. The molecule has 0 unspecified atom stereocenters. The van der Waals surface area contributed by atoms with Crippen LogP contribution in [0.2, 0.25) is 0 Å². The molecular weight excluding hydrogens is 258 g/mol. The highest BCUT2D eigenvalue weighted by atomic mass is 16.5. The molecule has 0 heterocycles. The molecule has 2 rings (SSSR count). The van der Waals surface area contributed by atoms with Crippen LogP contribution in [0.4, 0.5) is 0 Å². The van der Waals surface area contributed by atoms with Gasteiger partial charge in [0.15, 0.2) is 0 Å². The molecule has 0 aliphatic heterocycles. The Morgan fingerprint density at radius 1 is 1.14 bits per heavy atom. The largest absolute Gasteiger partial charge is 0.493 e. The van der Waals surface area contributed by atoms with Gasteiger partial charge >= 0.3 is 0 Å². The first-order valence-corrected chi connectivity index (χ1v) is 8.67. The zero-order chi connectivity index (χ0) is 14.9. The molecule has 1 aromatic rings. The van der Waals surface area contributed by atoms with Gasteiger partial charge in [0.05, 0.1) is 6.61 Å². The molecular formula is C19H31NO. The van der Waals surface area contributed by atoms with Crippen LogP contribution >= 0.6 is 0 Å². The van der Waals surface area contributed by atoms with Crippen LogP contribution in [-0.4, -0.2) is 13.2 Å². The van der Waals surface area contributed by atoms with Gasteiger partial charge in [-0.25, -0.2) is 0 Å². The second-order valence-corrected chi connectivity index (χ2v) is 6.77. The van der Waals surface area contributed by atoms with Crippen LogP contribution in [0.3, 0.4) is 0 Å². The van der Waals surface area contributed by atoms with Crippen molar-refractivity contribution in [3.63, 3.8) is 0 Å². The zero-order valence-corrected chi connectivity index (χ0v) is 13.7. The maximum absolute atomic E-state index is 5.95. The number of rotatable bonds is 8. The van der Waals surface area contributed by atoms with Crippen molar-refractivity contribution in [1.82, 2.24) is 5.32 Å². The molecule has 0 bridgehead atoms. The second kappa shape index (κ2) is 9.09. The molecule has 1 aliphatic rings. The molecule has 0 radical (unpaired) electrons. The number of nitrogens with one attached hydrogen (secondary N) is 1. The van der Waals surface area contributed by atoms with Crippen molar-refractivity contribution in [2.24, 2.45) is 11.8 Å². The third kappa shape index (κ3) is 6.09. The molecule has 1 aliphatic carbocycles. The van der Waals surface area contributed by atoms with E-state index in [9.17, 15) is 0 Å². The Bertz CT molecular complexity index is 396. The summed E-state index contributed by atoms with van der Waals surface area (Å²) in [6.07, 6.45) is 8.19. The van der Waals surface area contributed by atoms with E-state index in [1.165, 1.54) is 37.7 Å². The Balaban J connectivity index is 1.76. The van der Waals surface area contributed by atoms with E-state index in [2.05, 4.69) is 43.4 Å². The van der Waals surface area contributed by atoms with Gasteiger partial charge < -0.3 is 10.1 Å². The minimum atomic E-state index is 0.696. The minimum absolute atomic E-state index is 0.696. The van der Waals surface area contributed by atoms with Gasteiger partial charge in [-0.3, -0.25) is 0 Å². The summed E-state index contributed by atoms with van der Waals surface area (Å²) in [6, 6.07) is 8.44. The standard InChI is InChI=1S/C19H31NO/c1-16(2)12-13-21-19-11-7-6-10-18(19)15-20-14-17-8-4-3-5-9-17/h6-7,10-11,16-17,20H,3-5,8-9,12-15H2,1-2H3. The fourth-order valence-corrected chi connectivity index (χ4v) is 3.00. The Morgan fingerprint density at radius 3 is 2.67 bits per heavy atom. The van der Waals surface area contributed by atoms with E-state index in [0.29, 0.717) is 5.92 Å². The van der Waals surface area contributed by atoms with E-state index in [0.717, 1.165) is 37.8 Å². The zero-order valence-electron chi connectivity index (χ0n) is 13.7. The molecule has 1 aromatic carbocycles. The highest BCUT2D eigenvalue weighted by molar-refractivity contribution is 5.33. The molecule has 1 N–H and O–H groups in total. The summed E-state index contributed by atoms with van der Waals surface area (Å²) < 4.78 is 5.95. The van der Waals surface area contributed by atoms with Crippen molar-refractivity contribution < 1.29 is 4.74 Å². The number of benzene rings is 1. The molecule has 0 saturated heterocycles. The van der Waals surface area contributed by atoms with Crippen molar-refractivity contribution in [3.8, 4) is 5.75 Å². The van der Waals surface area contributed by atoms with Crippen LogP contribution in [0, 0.1) is 11.8 Å². The summed E-state index contributed by atoms with van der Waals surface area (Å²) in [5.74, 6) is 2.63. The van der Waals surface area contributed by atoms with Gasteiger partial charge in [-0.2, -0.15) is 0 Å². The van der Waals surface area contributed by atoms with E-state index in [4.69, 9.17) is 4.74 Å². The smallest absolute Gasteiger partial charge is 0.123 e. The topological polar surface area (TPSA) is 21.3 Å². The van der Waals surface area contributed by atoms with Crippen molar-refractivity contribution in [3.05, 3.63) is 29.8 Å².